The second-order valence-electron chi connectivity index (χ2n) is 3.07. The molecule has 1 aromatic heterocycles. The maximum Gasteiger partial charge on any atom is 0.330 e. The van der Waals surface area contributed by atoms with Gasteiger partial charge in [-0.2, -0.15) is 4.39 Å². The lowest BCUT2D eigenvalue weighted by atomic mass is 10.1. The van der Waals surface area contributed by atoms with Crippen LogP contribution in [0.1, 0.15) is 10.4 Å². The number of carbonyl (C=O) groups excluding carboxylic acids is 1. The second kappa shape index (κ2) is 3.65. The molecule has 2 aromatic rings. The Kier molecular flexibility index (Phi) is 2.32. The zero-order valence-electron chi connectivity index (χ0n) is 7.88. The number of benzene rings is 1. The summed E-state index contributed by atoms with van der Waals surface area (Å²) in [5.74, 6) is -0.965. The number of carbonyl (C=O) groups is 1. The van der Waals surface area contributed by atoms with Crippen LogP contribution in [0.15, 0.2) is 24.4 Å². The number of fused-ring (bicyclic) bond motifs is 1. The van der Waals surface area contributed by atoms with E-state index in [0.717, 1.165) is 6.07 Å². The number of halogens is 1. The lowest BCUT2D eigenvalue weighted by molar-refractivity contribution is -0.385. The Morgan fingerprint density at radius 2 is 2.12 bits per heavy atom. The van der Waals surface area contributed by atoms with E-state index >= 15 is 0 Å². The van der Waals surface area contributed by atoms with Gasteiger partial charge in [-0.1, -0.05) is 0 Å². The van der Waals surface area contributed by atoms with E-state index in [0.29, 0.717) is 6.29 Å². The zero-order valence-corrected chi connectivity index (χ0v) is 7.88. The van der Waals surface area contributed by atoms with Gasteiger partial charge in [-0.05, 0) is 18.2 Å². The predicted molar refractivity (Wildman–Crippen MR) is 53.7 cm³/mol. The lowest BCUT2D eigenvalue weighted by Crippen LogP contribution is -1.97. The molecule has 0 fully saturated rings. The van der Waals surface area contributed by atoms with Crippen molar-refractivity contribution in [3.05, 3.63) is 45.9 Å². The Morgan fingerprint density at radius 3 is 2.75 bits per heavy atom. The van der Waals surface area contributed by atoms with Crippen molar-refractivity contribution in [2.75, 3.05) is 0 Å². The fourth-order valence-electron chi connectivity index (χ4n) is 1.48. The van der Waals surface area contributed by atoms with Crippen LogP contribution in [0.4, 0.5) is 10.1 Å². The van der Waals surface area contributed by atoms with Gasteiger partial charge in [0, 0.05) is 17.1 Å². The Bertz CT molecular complexity index is 598. The SMILES string of the molecule is O=Cc1ccnc2c([N+](=O)[O-])c(F)ccc12. The molecule has 0 atom stereocenters. The Balaban J connectivity index is 2.94. The Labute approximate surface area is 88.7 Å². The van der Waals surface area contributed by atoms with E-state index in [1.54, 1.807) is 0 Å². The number of nitro benzene ring substituents is 1. The molecule has 2 rings (SSSR count). The molecule has 1 aromatic carbocycles. The second-order valence-corrected chi connectivity index (χ2v) is 3.07. The molecule has 5 nitrogen and oxygen atoms in total. The number of hydrogen-bond acceptors (Lipinski definition) is 4. The van der Waals surface area contributed by atoms with Crippen molar-refractivity contribution in [1.82, 2.24) is 4.98 Å². The van der Waals surface area contributed by atoms with E-state index in [2.05, 4.69) is 4.98 Å². The summed E-state index contributed by atoms with van der Waals surface area (Å²) in [5, 5.41) is 10.9. The van der Waals surface area contributed by atoms with E-state index in [1.807, 2.05) is 0 Å². The molecule has 0 bridgehead atoms. The van der Waals surface area contributed by atoms with Gasteiger partial charge in [-0.15, -0.1) is 0 Å². The monoisotopic (exact) mass is 220 g/mol. The summed E-state index contributed by atoms with van der Waals surface area (Å²) < 4.78 is 13.2. The van der Waals surface area contributed by atoms with Crippen LogP contribution >= 0.6 is 0 Å². The lowest BCUT2D eigenvalue weighted by Gasteiger charge is -2.01. The average Bonchev–Trinajstić information content (AvgIpc) is 2.27. The molecule has 0 saturated heterocycles. The first-order valence-electron chi connectivity index (χ1n) is 4.32. The van der Waals surface area contributed by atoms with E-state index in [-0.39, 0.29) is 16.5 Å². The summed E-state index contributed by atoms with van der Waals surface area (Å²) in [4.78, 5) is 24.3. The van der Waals surface area contributed by atoms with Crippen LogP contribution < -0.4 is 0 Å². The topological polar surface area (TPSA) is 73.1 Å². The largest absolute Gasteiger partial charge is 0.330 e. The summed E-state index contributed by atoms with van der Waals surface area (Å²) in [5.41, 5.74) is -0.580. The van der Waals surface area contributed by atoms with Gasteiger partial charge in [0.05, 0.1) is 4.92 Å². The van der Waals surface area contributed by atoms with Gasteiger partial charge in [-0.25, -0.2) is 4.98 Å². The van der Waals surface area contributed by atoms with Crippen LogP contribution in [0.5, 0.6) is 0 Å². The molecule has 0 aliphatic carbocycles. The fraction of sp³-hybridized carbons (Fsp3) is 0. The van der Waals surface area contributed by atoms with Crippen molar-refractivity contribution in [3.63, 3.8) is 0 Å². The number of aromatic nitrogens is 1. The molecule has 0 spiro atoms. The highest BCUT2D eigenvalue weighted by Gasteiger charge is 2.20. The van der Waals surface area contributed by atoms with Gasteiger partial charge in [0.2, 0.25) is 5.82 Å². The highest BCUT2D eigenvalue weighted by Crippen LogP contribution is 2.27. The van der Waals surface area contributed by atoms with Crippen molar-refractivity contribution in [2.24, 2.45) is 0 Å². The van der Waals surface area contributed by atoms with Gasteiger partial charge in [0.1, 0.15) is 0 Å². The summed E-state index contributed by atoms with van der Waals surface area (Å²) in [6, 6.07) is 3.67. The standard InChI is InChI=1S/C10H5FN2O3/c11-8-2-1-7-6(5-14)3-4-12-9(7)10(8)13(15)16/h1-5H. The van der Waals surface area contributed by atoms with Crippen LogP contribution in [-0.4, -0.2) is 16.2 Å². The fourth-order valence-corrected chi connectivity index (χ4v) is 1.48. The third-order valence-electron chi connectivity index (χ3n) is 2.18. The molecule has 16 heavy (non-hydrogen) atoms. The van der Waals surface area contributed by atoms with Crippen LogP contribution in [0.3, 0.4) is 0 Å². The smallest absolute Gasteiger partial charge is 0.298 e. The number of nitrogens with zero attached hydrogens (tertiary/aromatic N) is 2. The number of rotatable bonds is 2. The minimum atomic E-state index is -0.965. The van der Waals surface area contributed by atoms with Gasteiger partial charge in [-0.3, -0.25) is 14.9 Å². The molecule has 0 aliphatic rings. The minimum Gasteiger partial charge on any atom is -0.298 e. The zero-order chi connectivity index (χ0) is 11.7. The van der Waals surface area contributed by atoms with E-state index in [9.17, 15) is 19.3 Å². The van der Waals surface area contributed by atoms with Crippen LogP contribution in [0.2, 0.25) is 0 Å². The van der Waals surface area contributed by atoms with E-state index in [4.69, 9.17) is 0 Å². The Morgan fingerprint density at radius 1 is 1.38 bits per heavy atom. The van der Waals surface area contributed by atoms with Crippen molar-refractivity contribution in [1.29, 1.82) is 0 Å². The summed E-state index contributed by atoms with van der Waals surface area (Å²) >= 11 is 0. The molecular weight excluding hydrogens is 215 g/mol. The van der Waals surface area contributed by atoms with Crippen molar-refractivity contribution >= 4 is 22.9 Å². The normalized spacial score (nSPS) is 10.3. The Hall–Kier alpha value is -2.37. The summed E-state index contributed by atoms with van der Waals surface area (Å²) in [7, 11) is 0. The summed E-state index contributed by atoms with van der Waals surface area (Å²) in [6.07, 6.45) is 1.78. The quantitative estimate of drug-likeness (QED) is 0.441. The molecule has 1 heterocycles. The van der Waals surface area contributed by atoms with Crippen molar-refractivity contribution in [2.45, 2.75) is 0 Å². The molecule has 6 heteroatoms. The van der Waals surface area contributed by atoms with Crippen LogP contribution in [0.25, 0.3) is 10.9 Å². The maximum atomic E-state index is 13.2. The van der Waals surface area contributed by atoms with E-state index < -0.39 is 16.4 Å². The molecule has 0 radical (unpaired) electrons. The first-order chi connectivity index (χ1) is 7.65. The highest BCUT2D eigenvalue weighted by molar-refractivity contribution is 5.99. The average molecular weight is 220 g/mol. The first kappa shape index (κ1) is 10.2. The van der Waals surface area contributed by atoms with E-state index in [1.165, 1.54) is 18.3 Å². The number of pyridine rings is 1. The molecule has 0 amide bonds. The predicted octanol–water partition coefficient (Wildman–Crippen LogP) is 2.09. The van der Waals surface area contributed by atoms with Gasteiger partial charge in [0.15, 0.2) is 11.8 Å². The third kappa shape index (κ3) is 1.40. The number of aldehydes is 1. The maximum absolute atomic E-state index is 13.2. The van der Waals surface area contributed by atoms with Gasteiger partial charge >= 0.3 is 5.69 Å². The molecule has 0 unspecified atom stereocenters. The molecule has 0 N–H and O–H groups in total. The molecule has 0 saturated carbocycles. The third-order valence-corrected chi connectivity index (χ3v) is 2.18. The van der Waals surface area contributed by atoms with Crippen LogP contribution in [0, 0.1) is 15.9 Å². The van der Waals surface area contributed by atoms with Crippen LogP contribution in [-0.2, 0) is 0 Å². The number of nitro groups is 1. The first-order valence-corrected chi connectivity index (χ1v) is 4.32. The molecule has 0 aliphatic heterocycles. The molecule has 80 valence electrons. The summed E-state index contributed by atoms with van der Waals surface area (Å²) in [6.45, 7) is 0. The van der Waals surface area contributed by atoms with Crippen molar-refractivity contribution in [3.8, 4) is 0 Å². The van der Waals surface area contributed by atoms with Gasteiger partial charge in [0.25, 0.3) is 0 Å². The highest BCUT2D eigenvalue weighted by atomic mass is 19.1. The molecular formula is C10H5FN2O3. The number of hydrogen-bond donors (Lipinski definition) is 0. The van der Waals surface area contributed by atoms with Gasteiger partial charge < -0.3 is 0 Å². The van der Waals surface area contributed by atoms with Crippen molar-refractivity contribution < 1.29 is 14.1 Å². The minimum absolute atomic E-state index is 0.116.